The number of rotatable bonds is 4. The molecule has 3 heteroatoms. The molecular formula is C14H20ClNO. The summed E-state index contributed by atoms with van der Waals surface area (Å²) in [6, 6.07) is 8.38. The first-order chi connectivity index (χ1) is 8.31. The minimum Gasteiger partial charge on any atom is -0.372 e. The van der Waals surface area contributed by atoms with E-state index in [2.05, 4.69) is 5.32 Å². The van der Waals surface area contributed by atoms with Gasteiger partial charge in [-0.1, -0.05) is 42.6 Å². The molecule has 2 rings (SSSR count). The Morgan fingerprint density at radius 2 is 2.06 bits per heavy atom. The van der Waals surface area contributed by atoms with Crippen molar-refractivity contribution in [2.45, 2.75) is 44.4 Å². The molecule has 0 aliphatic heterocycles. The van der Waals surface area contributed by atoms with Gasteiger partial charge in [-0.3, -0.25) is 0 Å². The van der Waals surface area contributed by atoms with E-state index in [-0.39, 0.29) is 0 Å². The average Bonchev–Trinajstić information content (AvgIpc) is 2.38. The van der Waals surface area contributed by atoms with E-state index in [1.807, 2.05) is 31.3 Å². The molecular weight excluding hydrogens is 234 g/mol. The minimum absolute atomic E-state index is 0.324. The molecule has 1 aliphatic carbocycles. The standard InChI is InChI=1S/C14H20ClNO/c1-16-13-8-4-5-9-14(13)17-10-11-6-2-3-7-12(11)15/h2-3,6-7,13-14,16H,4-5,8-10H2,1H3. The Labute approximate surface area is 108 Å². The zero-order valence-corrected chi connectivity index (χ0v) is 11.0. The fourth-order valence-corrected chi connectivity index (χ4v) is 2.63. The maximum atomic E-state index is 6.12. The van der Waals surface area contributed by atoms with Crippen LogP contribution in [0.3, 0.4) is 0 Å². The third-order valence-corrected chi connectivity index (χ3v) is 3.85. The van der Waals surface area contributed by atoms with E-state index in [9.17, 15) is 0 Å². The average molecular weight is 254 g/mol. The highest BCUT2D eigenvalue weighted by Gasteiger charge is 2.24. The number of nitrogens with one attached hydrogen (secondary N) is 1. The number of benzene rings is 1. The number of ether oxygens (including phenoxy) is 1. The summed E-state index contributed by atoms with van der Waals surface area (Å²) in [6.45, 7) is 0.614. The van der Waals surface area contributed by atoms with Crippen molar-refractivity contribution >= 4 is 11.6 Å². The number of hydrogen-bond acceptors (Lipinski definition) is 2. The fourth-order valence-electron chi connectivity index (χ4n) is 2.44. The van der Waals surface area contributed by atoms with Crippen LogP contribution in [0.25, 0.3) is 0 Å². The molecule has 0 aromatic heterocycles. The normalized spacial score (nSPS) is 24.8. The van der Waals surface area contributed by atoms with Gasteiger partial charge in [-0.25, -0.2) is 0 Å². The molecule has 0 saturated heterocycles. The van der Waals surface area contributed by atoms with Crippen LogP contribution in [0.5, 0.6) is 0 Å². The lowest BCUT2D eigenvalue weighted by Gasteiger charge is -2.31. The van der Waals surface area contributed by atoms with Gasteiger partial charge in [0.05, 0.1) is 12.7 Å². The van der Waals surface area contributed by atoms with Crippen LogP contribution in [-0.2, 0) is 11.3 Å². The van der Waals surface area contributed by atoms with Crippen LogP contribution in [0.15, 0.2) is 24.3 Å². The van der Waals surface area contributed by atoms with Gasteiger partial charge in [-0.15, -0.1) is 0 Å². The van der Waals surface area contributed by atoms with E-state index in [0.29, 0.717) is 18.8 Å². The van der Waals surface area contributed by atoms with Crippen LogP contribution in [0.1, 0.15) is 31.2 Å². The van der Waals surface area contributed by atoms with Crippen molar-refractivity contribution in [2.24, 2.45) is 0 Å². The largest absolute Gasteiger partial charge is 0.372 e. The molecule has 2 atom stereocenters. The van der Waals surface area contributed by atoms with Crippen LogP contribution < -0.4 is 5.32 Å². The van der Waals surface area contributed by atoms with Gasteiger partial charge in [0, 0.05) is 11.1 Å². The Kier molecular flexibility index (Phi) is 4.84. The van der Waals surface area contributed by atoms with Gasteiger partial charge in [-0.2, -0.15) is 0 Å². The van der Waals surface area contributed by atoms with E-state index >= 15 is 0 Å². The van der Waals surface area contributed by atoms with E-state index in [0.717, 1.165) is 17.0 Å². The van der Waals surface area contributed by atoms with Crippen LogP contribution in [0, 0.1) is 0 Å². The van der Waals surface area contributed by atoms with Crippen LogP contribution in [0.2, 0.25) is 5.02 Å². The van der Waals surface area contributed by atoms with Crippen molar-refractivity contribution in [3.63, 3.8) is 0 Å². The predicted molar refractivity (Wildman–Crippen MR) is 71.3 cm³/mol. The smallest absolute Gasteiger partial charge is 0.0735 e. The fraction of sp³-hybridized carbons (Fsp3) is 0.571. The molecule has 0 amide bonds. The van der Waals surface area contributed by atoms with Gasteiger partial charge >= 0.3 is 0 Å². The Bertz CT molecular complexity index is 356. The lowest BCUT2D eigenvalue weighted by atomic mass is 9.92. The Balaban J connectivity index is 1.90. The van der Waals surface area contributed by atoms with Gasteiger partial charge < -0.3 is 10.1 Å². The zero-order chi connectivity index (χ0) is 12.1. The van der Waals surface area contributed by atoms with Gasteiger partial charge in [0.1, 0.15) is 0 Å². The summed E-state index contributed by atoms with van der Waals surface area (Å²) in [7, 11) is 2.02. The maximum Gasteiger partial charge on any atom is 0.0735 e. The van der Waals surface area contributed by atoms with Crippen molar-refractivity contribution in [1.82, 2.24) is 5.32 Å². The quantitative estimate of drug-likeness (QED) is 0.888. The molecule has 1 aliphatic rings. The summed E-state index contributed by atoms with van der Waals surface area (Å²) in [6.07, 6.45) is 5.26. The zero-order valence-electron chi connectivity index (χ0n) is 10.3. The molecule has 2 unspecified atom stereocenters. The van der Waals surface area contributed by atoms with E-state index in [1.165, 1.54) is 19.3 Å². The molecule has 0 spiro atoms. The van der Waals surface area contributed by atoms with E-state index in [1.54, 1.807) is 0 Å². The van der Waals surface area contributed by atoms with Crippen molar-refractivity contribution in [1.29, 1.82) is 0 Å². The lowest BCUT2D eigenvalue weighted by Crippen LogP contribution is -2.41. The topological polar surface area (TPSA) is 21.3 Å². The van der Waals surface area contributed by atoms with Crippen molar-refractivity contribution < 1.29 is 4.74 Å². The molecule has 1 aromatic carbocycles. The molecule has 17 heavy (non-hydrogen) atoms. The monoisotopic (exact) mass is 253 g/mol. The second-order valence-electron chi connectivity index (χ2n) is 4.62. The van der Waals surface area contributed by atoms with Crippen molar-refractivity contribution in [3.8, 4) is 0 Å². The van der Waals surface area contributed by atoms with Crippen molar-refractivity contribution in [3.05, 3.63) is 34.9 Å². The Morgan fingerprint density at radius 1 is 1.29 bits per heavy atom. The molecule has 0 heterocycles. The molecule has 1 saturated carbocycles. The number of halogens is 1. The van der Waals surface area contributed by atoms with Crippen LogP contribution in [0.4, 0.5) is 0 Å². The van der Waals surface area contributed by atoms with Gasteiger partial charge in [-0.05, 0) is 31.5 Å². The molecule has 2 nitrogen and oxygen atoms in total. The summed E-state index contributed by atoms with van der Waals surface area (Å²) < 4.78 is 6.01. The molecule has 0 radical (unpaired) electrons. The van der Waals surface area contributed by atoms with Crippen LogP contribution >= 0.6 is 11.6 Å². The second-order valence-corrected chi connectivity index (χ2v) is 5.03. The minimum atomic E-state index is 0.324. The summed E-state index contributed by atoms with van der Waals surface area (Å²) in [5, 5.41) is 4.14. The SMILES string of the molecule is CNC1CCCCC1OCc1ccccc1Cl. The molecule has 94 valence electrons. The lowest BCUT2D eigenvalue weighted by molar-refractivity contribution is -0.00357. The maximum absolute atomic E-state index is 6.12. The second kappa shape index (κ2) is 6.39. The van der Waals surface area contributed by atoms with Gasteiger partial charge in [0.2, 0.25) is 0 Å². The highest BCUT2D eigenvalue weighted by molar-refractivity contribution is 6.31. The molecule has 1 aromatic rings. The Hall–Kier alpha value is -0.570. The molecule has 0 bridgehead atoms. The summed E-state index contributed by atoms with van der Waals surface area (Å²) >= 11 is 6.12. The van der Waals surface area contributed by atoms with E-state index in [4.69, 9.17) is 16.3 Å². The third kappa shape index (κ3) is 3.44. The van der Waals surface area contributed by atoms with E-state index < -0.39 is 0 Å². The summed E-state index contributed by atoms with van der Waals surface area (Å²) in [5.74, 6) is 0. The first-order valence-corrected chi connectivity index (χ1v) is 6.71. The Morgan fingerprint density at radius 3 is 2.82 bits per heavy atom. The number of likely N-dealkylation sites (N-methyl/N-ethyl adjacent to an activating group) is 1. The first-order valence-electron chi connectivity index (χ1n) is 6.33. The van der Waals surface area contributed by atoms with Gasteiger partial charge in [0.15, 0.2) is 0 Å². The van der Waals surface area contributed by atoms with Gasteiger partial charge in [0.25, 0.3) is 0 Å². The highest BCUT2D eigenvalue weighted by atomic mass is 35.5. The third-order valence-electron chi connectivity index (χ3n) is 3.48. The van der Waals surface area contributed by atoms with Crippen LogP contribution in [-0.4, -0.2) is 19.2 Å². The van der Waals surface area contributed by atoms with Crippen molar-refractivity contribution in [2.75, 3.05) is 7.05 Å². The summed E-state index contributed by atoms with van der Waals surface area (Å²) in [5.41, 5.74) is 1.08. The highest BCUT2D eigenvalue weighted by Crippen LogP contribution is 2.23. The predicted octanol–water partition coefficient (Wildman–Crippen LogP) is 3.39. The number of hydrogen-bond donors (Lipinski definition) is 1. The first kappa shape index (κ1) is 12.9. The molecule has 1 N–H and O–H groups in total. The molecule has 1 fully saturated rings. The summed E-state index contributed by atoms with van der Waals surface area (Å²) in [4.78, 5) is 0.